The van der Waals surface area contributed by atoms with Crippen LogP contribution in [-0.4, -0.2) is 65.7 Å². The number of imidazole rings is 1. The maximum absolute atomic E-state index is 13.4. The number of nitrogens with zero attached hydrogens (tertiary/aromatic N) is 4. The minimum Gasteiger partial charge on any atom is -0.379 e. The molecule has 0 aliphatic carbocycles. The van der Waals surface area contributed by atoms with E-state index in [2.05, 4.69) is 10.2 Å². The molecule has 8 heteroatoms. The maximum atomic E-state index is 13.4. The number of carbonyl (C=O) groups is 2. The molecule has 1 fully saturated rings. The second kappa shape index (κ2) is 9.10. The van der Waals surface area contributed by atoms with Crippen molar-refractivity contribution in [1.29, 1.82) is 0 Å². The number of hydrogen-bond donors (Lipinski definition) is 1. The van der Waals surface area contributed by atoms with Gasteiger partial charge >= 0.3 is 0 Å². The third kappa shape index (κ3) is 4.11. The lowest BCUT2D eigenvalue weighted by Gasteiger charge is -2.27. The van der Waals surface area contributed by atoms with Gasteiger partial charge in [0.05, 0.1) is 30.7 Å². The van der Waals surface area contributed by atoms with Crippen molar-refractivity contribution in [3.8, 4) is 0 Å². The number of fused-ring (bicyclic) bond motifs is 3. The molecule has 5 rings (SSSR count). The first-order valence-corrected chi connectivity index (χ1v) is 11.1. The van der Waals surface area contributed by atoms with Gasteiger partial charge in [-0.3, -0.25) is 24.0 Å². The van der Waals surface area contributed by atoms with Crippen molar-refractivity contribution in [3.05, 3.63) is 54.6 Å². The van der Waals surface area contributed by atoms with Crippen LogP contribution in [0.15, 0.2) is 54.6 Å². The summed E-state index contributed by atoms with van der Waals surface area (Å²) in [6, 6.07) is 16.5. The van der Waals surface area contributed by atoms with Crippen LogP contribution in [0.25, 0.3) is 11.0 Å². The van der Waals surface area contributed by atoms with Gasteiger partial charge in [-0.15, -0.1) is 0 Å². The molecule has 1 N–H and O–H groups in total. The number of morpholine rings is 1. The summed E-state index contributed by atoms with van der Waals surface area (Å²) in [6.07, 6.45) is 0.916. The van der Waals surface area contributed by atoms with E-state index in [0.717, 1.165) is 56.0 Å². The van der Waals surface area contributed by atoms with E-state index < -0.39 is 6.04 Å². The molecule has 2 aliphatic heterocycles. The SMILES string of the molecule is O=C(C[C@H]1C(=O)N(CCCN2CCOCC2)c2nc3ccccc3n21)Nc1ccccc1. The molecular weight excluding hydrogens is 406 g/mol. The van der Waals surface area contributed by atoms with E-state index in [0.29, 0.717) is 12.5 Å². The number of carbonyl (C=O) groups excluding carboxylic acids is 2. The predicted octanol–water partition coefficient (Wildman–Crippen LogP) is 2.68. The Kier molecular flexibility index (Phi) is 5.87. The lowest BCUT2D eigenvalue weighted by Crippen LogP contribution is -2.39. The highest BCUT2D eigenvalue weighted by Gasteiger charge is 2.40. The van der Waals surface area contributed by atoms with Crippen molar-refractivity contribution < 1.29 is 14.3 Å². The molecule has 0 saturated carbocycles. The molecule has 2 amide bonds. The summed E-state index contributed by atoms with van der Waals surface area (Å²) in [7, 11) is 0. The highest BCUT2D eigenvalue weighted by Crippen LogP contribution is 2.36. The number of anilines is 2. The zero-order chi connectivity index (χ0) is 21.9. The summed E-state index contributed by atoms with van der Waals surface area (Å²) in [4.78, 5) is 35.0. The van der Waals surface area contributed by atoms with Gasteiger partial charge in [-0.1, -0.05) is 30.3 Å². The molecular formula is C24H27N5O3. The molecule has 1 saturated heterocycles. The third-order valence-corrected chi connectivity index (χ3v) is 6.08. The van der Waals surface area contributed by atoms with Crippen molar-refractivity contribution in [2.24, 2.45) is 0 Å². The minimum absolute atomic E-state index is 0.0663. The van der Waals surface area contributed by atoms with E-state index >= 15 is 0 Å². The zero-order valence-corrected chi connectivity index (χ0v) is 17.9. The van der Waals surface area contributed by atoms with E-state index in [4.69, 9.17) is 9.72 Å². The van der Waals surface area contributed by atoms with Crippen LogP contribution in [0.1, 0.15) is 18.9 Å². The van der Waals surface area contributed by atoms with Gasteiger partial charge < -0.3 is 10.1 Å². The van der Waals surface area contributed by atoms with Crippen LogP contribution in [0.5, 0.6) is 0 Å². The first-order valence-electron chi connectivity index (χ1n) is 11.1. The Labute approximate surface area is 186 Å². The summed E-state index contributed by atoms with van der Waals surface area (Å²) in [5.74, 6) is 0.382. The molecule has 0 spiro atoms. The Hall–Kier alpha value is -3.23. The fraction of sp³-hybridized carbons (Fsp3) is 0.375. The Morgan fingerprint density at radius 1 is 1.03 bits per heavy atom. The van der Waals surface area contributed by atoms with E-state index in [1.807, 2.05) is 59.2 Å². The number of hydrogen-bond acceptors (Lipinski definition) is 5. The Morgan fingerprint density at radius 2 is 1.78 bits per heavy atom. The van der Waals surface area contributed by atoms with Gasteiger partial charge in [0, 0.05) is 31.9 Å². The smallest absolute Gasteiger partial charge is 0.253 e. The molecule has 0 bridgehead atoms. The van der Waals surface area contributed by atoms with Gasteiger partial charge in [0.1, 0.15) is 6.04 Å². The van der Waals surface area contributed by atoms with E-state index in [-0.39, 0.29) is 18.2 Å². The van der Waals surface area contributed by atoms with Crippen LogP contribution in [-0.2, 0) is 14.3 Å². The normalized spacial score (nSPS) is 18.8. The van der Waals surface area contributed by atoms with Crippen LogP contribution in [0, 0.1) is 0 Å². The monoisotopic (exact) mass is 433 g/mol. The summed E-state index contributed by atoms with van der Waals surface area (Å²) in [5.41, 5.74) is 2.44. The van der Waals surface area contributed by atoms with Gasteiger partial charge in [-0.2, -0.15) is 0 Å². The number of aromatic nitrogens is 2. The molecule has 166 valence electrons. The number of amides is 2. The molecule has 2 aromatic carbocycles. The second-order valence-corrected chi connectivity index (χ2v) is 8.20. The van der Waals surface area contributed by atoms with Crippen molar-refractivity contribution in [3.63, 3.8) is 0 Å². The molecule has 0 unspecified atom stereocenters. The first-order chi connectivity index (χ1) is 15.7. The molecule has 1 atom stereocenters. The fourth-order valence-corrected chi connectivity index (χ4v) is 4.49. The number of ether oxygens (including phenoxy) is 1. The van der Waals surface area contributed by atoms with Crippen molar-refractivity contribution in [2.45, 2.75) is 18.9 Å². The molecule has 32 heavy (non-hydrogen) atoms. The molecule has 1 aromatic heterocycles. The largest absolute Gasteiger partial charge is 0.379 e. The van der Waals surface area contributed by atoms with Gasteiger partial charge in [-0.05, 0) is 30.7 Å². The van der Waals surface area contributed by atoms with Crippen LogP contribution < -0.4 is 10.2 Å². The lowest BCUT2D eigenvalue weighted by atomic mass is 10.1. The van der Waals surface area contributed by atoms with Crippen molar-refractivity contribution >= 4 is 34.5 Å². The Balaban J connectivity index is 1.34. The van der Waals surface area contributed by atoms with Crippen molar-refractivity contribution in [2.75, 3.05) is 49.6 Å². The first kappa shape index (κ1) is 20.7. The second-order valence-electron chi connectivity index (χ2n) is 8.20. The van der Waals surface area contributed by atoms with Gasteiger partial charge in [0.15, 0.2) is 0 Å². The van der Waals surface area contributed by atoms with Gasteiger partial charge in [0.2, 0.25) is 11.9 Å². The van der Waals surface area contributed by atoms with E-state index in [9.17, 15) is 9.59 Å². The summed E-state index contributed by atoms with van der Waals surface area (Å²) < 4.78 is 7.34. The summed E-state index contributed by atoms with van der Waals surface area (Å²) in [5, 5.41) is 2.90. The third-order valence-electron chi connectivity index (χ3n) is 6.08. The standard InChI is InChI=1S/C24H27N5O3/c30-22(25-18-7-2-1-3-8-18)17-21-23(31)28(12-6-11-27-13-15-32-16-14-27)24-26-19-9-4-5-10-20(19)29(21)24/h1-5,7-10,21H,6,11-17H2,(H,25,30)/t21-/m0/s1. The Morgan fingerprint density at radius 3 is 2.59 bits per heavy atom. The van der Waals surface area contributed by atoms with Crippen LogP contribution in [0.2, 0.25) is 0 Å². The van der Waals surface area contributed by atoms with Crippen molar-refractivity contribution in [1.82, 2.24) is 14.5 Å². The van der Waals surface area contributed by atoms with E-state index in [1.54, 1.807) is 4.90 Å². The summed E-state index contributed by atoms with van der Waals surface area (Å²) in [6.45, 7) is 4.86. The van der Waals surface area contributed by atoms with E-state index in [1.165, 1.54) is 0 Å². The lowest BCUT2D eigenvalue weighted by molar-refractivity contribution is -0.124. The minimum atomic E-state index is -0.593. The number of para-hydroxylation sites is 3. The average molecular weight is 434 g/mol. The Bertz CT molecular complexity index is 1110. The molecule has 0 radical (unpaired) electrons. The summed E-state index contributed by atoms with van der Waals surface area (Å²) >= 11 is 0. The topological polar surface area (TPSA) is 79.7 Å². The highest BCUT2D eigenvalue weighted by atomic mass is 16.5. The number of benzene rings is 2. The van der Waals surface area contributed by atoms with Crippen LogP contribution in [0.3, 0.4) is 0 Å². The predicted molar refractivity (Wildman–Crippen MR) is 123 cm³/mol. The van der Waals surface area contributed by atoms with Gasteiger partial charge in [0.25, 0.3) is 5.91 Å². The zero-order valence-electron chi connectivity index (χ0n) is 17.9. The number of nitrogens with one attached hydrogen (secondary N) is 1. The van der Waals surface area contributed by atoms with Crippen LogP contribution >= 0.6 is 0 Å². The number of rotatable bonds is 7. The molecule has 3 heterocycles. The molecule has 3 aromatic rings. The van der Waals surface area contributed by atoms with Gasteiger partial charge in [-0.25, -0.2) is 4.98 Å². The highest BCUT2D eigenvalue weighted by molar-refractivity contribution is 6.05. The fourth-order valence-electron chi connectivity index (χ4n) is 4.49. The van der Waals surface area contributed by atoms with Crippen LogP contribution in [0.4, 0.5) is 11.6 Å². The quantitative estimate of drug-likeness (QED) is 0.620. The molecule has 2 aliphatic rings. The molecule has 8 nitrogen and oxygen atoms in total. The maximum Gasteiger partial charge on any atom is 0.253 e. The average Bonchev–Trinajstić information content (AvgIpc) is 3.31.